The average Bonchev–Trinajstić information content (AvgIpc) is 2.33. The first-order chi connectivity index (χ1) is 5.68. The molecule has 1 saturated heterocycles. The highest BCUT2D eigenvalue weighted by Crippen LogP contribution is 2.36. The lowest BCUT2D eigenvalue weighted by Crippen LogP contribution is -2.32. The Bertz CT molecular complexity index is 295. The van der Waals surface area contributed by atoms with Gasteiger partial charge >= 0.3 is 0 Å². The topological polar surface area (TPSA) is 37.4 Å². The summed E-state index contributed by atoms with van der Waals surface area (Å²) in [6, 6.07) is 0. The molecular weight excluding hydrogens is 174 g/mol. The van der Waals surface area contributed by atoms with Crippen LogP contribution in [0.4, 0.5) is 0 Å². The first-order valence-electron chi connectivity index (χ1n) is 3.89. The highest BCUT2D eigenvalue weighted by Gasteiger charge is 2.33. The average molecular weight is 183 g/mol. The van der Waals surface area contributed by atoms with Crippen molar-refractivity contribution in [2.24, 2.45) is 0 Å². The van der Waals surface area contributed by atoms with E-state index in [1.165, 1.54) is 17.3 Å². The Kier molecular flexibility index (Phi) is 1.72. The highest BCUT2D eigenvalue weighted by molar-refractivity contribution is 8.17. The molecule has 0 aromatic rings. The molecule has 2 aliphatic rings. The molecule has 0 aliphatic carbocycles. The lowest BCUT2D eigenvalue weighted by Gasteiger charge is -2.23. The third kappa shape index (κ3) is 1.06. The molecule has 2 heterocycles. The van der Waals surface area contributed by atoms with Gasteiger partial charge in [-0.1, -0.05) is 0 Å². The van der Waals surface area contributed by atoms with E-state index in [9.17, 15) is 9.59 Å². The molecule has 0 aromatic carbocycles. The summed E-state index contributed by atoms with van der Waals surface area (Å²) in [7, 11) is 0. The minimum Gasteiger partial charge on any atom is -0.306 e. The molecule has 1 amide bonds. The fourth-order valence-electron chi connectivity index (χ4n) is 1.46. The van der Waals surface area contributed by atoms with Gasteiger partial charge in [-0.3, -0.25) is 9.59 Å². The number of hydrogen-bond acceptors (Lipinski definition) is 3. The van der Waals surface area contributed by atoms with E-state index in [2.05, 4.69) is 0 Å². The van der Waals surface area contributed by atoms with Crippen molar-refractivity contribution in [1.82, 2.24) is 4.90 Å². The van der Waals surface area contributed by atoms with E-state index >= 15 is 0 Å². The summed E-state index contributed by atoms with van der Waals surface area (Å²) in [6.07, 6.45) is 0.989. The number of carbonyl (C=O) groups is 2. The van der Waals surface area contributed by atoms with Crippen LogP contribution in [0.1, 0.15) is 19.8 Å². The second-order valence-electron chi connectivity index (χ2n) is 3.03. The SMILES string of the molecule is CC1=C2SC(=O)CC(=O)N2CC1. The molecule has 0 spiro atoms. The van der Waals surface area contributed by atoms with Gasteiger partial charge in [0.2, 0.25) is 11.0 Å². The molecule has 0 atom stereocenters. The summed E-state index contributed by atoms with van der Waals surface area (Å²) in [5.41, 5.74) is 1.17. The van der Waals surface area contributed by atoms with Crippen LogP contribution in [0.5, 0.6) is 0 Å². The van der Waals surface area contributed by atoms with Gasteiger partial charge < -0.3 is 4.90 Å². The van der Waals surface area contributed by atoms with Crippen LogP contribution in [-0.2, 0) is 9.59 Å². The number of hydrogen-bond donors (Lipinski definition) is 0. The normalized spacial score (nSPS) is 23.6. The van der Waals surface area contributed by atoms with Crippen molar-refractivity contribution in [3.63, 3.8) is 0 Å². The van der Waals surface area contributed by atoms with Crippen LogP contribution in [0.2, 0.25) is 0 Å². The molecule has 0 radical (unpaired) electrons. The van der Waals surface area contributed by atoms with E-state index < -0.39 is 0 Å². The molecule has 64 valence electrons. The van der Waals surface area contributed by atoms with Crippen molar-refractivity contribution in [3.05, 3.63) is 10.6 Å². The van der Waals surface area contributed by atoms with Crippen LogP contribution in [0.15, 0.2) is 10.6 Å². The smallest absolute Gasteiger partial charge is 0.235 e. The third-order valence-electron chi connectivity index (χ3n) is 2.13. The molecule has 4 heteroatoms. The fraction of sp³-hybridized carbons (Fsp3) is 0.500. The zero-order chi connectivity index (χ0) is 8.72. The second-order valence-corrected chi connectivity index (χ2v) is 4.08. The molecule has 0 aromatic heterocycles. The van der Waals surface area contributed by atoms with Crippen LogP contribution in [0, 0.1) is 0 Å². The molecule has 12 heavy (non-hydrogen) atoms. The minimum absolute atomic E-state index is 0.0208. The Balaban J connectivity index is 2.34. The van der Waals surface area contributed by atoms with Crippen molar-refractivity contribution >= 4 is 22.8 Å². The molecule has 3 nitrogen and oxygen atoms in total. The summed E-state index contributed by atoms with van der Waals surface area (Å²) in [4.78, 5) is 24.1. The Hall–Kier alpha value is -0.770. The van der Waals surface area contributed by atoms with Crippen molar-refractivity contribution in [1.29, 1.82) is 0 Å². The second kappa shape index (κ2) is 2.62. The summed E-state index contributed by atoms with van der Waals surface area (Å²) < 4.78 is 0. The largest absolute Gasteiger partial charge is 0.306 e. The number of thioether (sulfide) groups is 1. The van der Waals surface area contributed by atoms with E-state index in [0.29, 0.717) is 0 Å². The zero-order valence-corrected chi connectivity index (χ0v) is 7.61. The van der Waals surface area contributed by atoms with Gasteiger partial charge in [-0.2, -0.15) is 0 Å². The molecule has 0 unspecified atom stereocenters. The Labute approximate surface area is 74.8 Å². The minimum atomic E-state index is -0.0365. The Morgan fingerprint density at radius 2 is 2.17 bits per heavy atom. The van der Waals surface area contributed by atoms with Gasteiger partial charge in [-0.25, -0.2) is 0 Å². The fourth-order valence-corrected chi connectivity index (χ4v) is 2.45. The number of nitrogens with zero attached hydrogens (tertiary/aromatic N) is 1. The molecule has 0 N–H and O–H groups in total. The van der Waals surface area contributed by atoms with E-state index in [1.807, 2.05) is 6.92 Å². The van der Waals surface area contributed by atoms with Gasteiger partial charge in [0.25, 0.3) is 0 Å². The maximum atomic E-state index is 11.3. The summed E-state index contributed by atoms with van der Waals surface area (Å²) in [5, 5.41) is 0.865. The third-order valence-corrected chi connectivity index (χ3v) is 3.26. The number of fused-ring (bicyclic) bond motifs is 1. The maximum Gasteiger partial charge on any atom is 0.235 e. The lowest BCUT2D eigenvalue weighted by atomic mass is 10.3. The van der Waals surface area contributed by atoms with E-state index in [0.717, 1.165) is 18.0 Å². The lowest BCUT2D eigenvalue weighted by molar-refractivity contribution is -0.131. The van der Waals surface area contributed by atoms with E-state index in [1.54, 1.807) is 4.90 Å². The summed E-state index contributed by atoms with van der Waals surface area (Å²) >= 11 is 1.21. The van der Waals surface area contributed by atoms with Crippen molar-refractivity contribution in [3.8, 4) is 0 Å². The van der Waals surface area contributed by atoms with E-state index in [-0.39, 0.29) is 17.4 Å². The molecule has 0 bridgehead atoms. The standard InChI is InChI=1S/C8H9NO2S/c1-5-2-3-9-6(10)4-7(11)12-8(5)9/h2-4H2,1H3. The van der Waals surface area contributed by atoms with Crippen LogP contribution >= 0.6 is 11.8 Å². The number of carbonyl (C=O) groups excluding carboxylic acids is 2. The van der Waals surface area contributed by atoms with E-state index in [4.69, 9.17) is 0 Å². The van der Waals surface area contributed by atoms with Gasteiger partial charge in [-0.15, -0.1) is 0 Å². The first kappa shape index (κ1) is 7.86. The number of rotatable bonds is 0. The molecule has 1 fully saturated rings. The van der Waals surface area contributed by atoms with Crippen LogP contribution in [0.25, 0.3) is 0 Å². The molecule has 2 rings (SSSR count). The Morgan fingerprint density at radius 1 is 1.42 bits per heavy atom. The van der Waals surface area contributed by atoms with Crippen molar-refractivity contribution in [2.75, 3.05) is 6.54 Å². The van der Waals surface area contributed by atoms with Gasteiger partial charge in [-0.05, 0) is 30.7 Å². The van der Waals surface area contributed by atoms with Gasteiger partial charge in [0.05, 0.1) is 11.4 Å². The van der Waals surface area contributed by atoms with Gasteiger partial charge in [0, 0.05) is 6.54 Å². The summed E-state index contributed by atoms with van der Waals surface area (Å²) in [6.45, 7) is 2.74. The zero-order valence-electron chi connectivity index (χ0n) is 6.79. The molecular formula is C8H9NO2S. The molecule has 2 aliphatic heterocycles. The predicted molar refractivity (Wildman–Crippen MR) is 46.2 cm³/mol. The van der Waals surface area contributed by atoms with Crippen molar-refractivity contribution in [2.45, 2.75) is 19.8 Å². The predicted octanol–water partition coefficient (Wildman–Crippen LogP) is 1.11. The summed E-state index contributed by atoms with van der Waals surface area (Å²) in [5.74, 6) is -0.0365. The van der Waals surface area contributed by atoms with Crippen LogP contribution in [0.3, 0.4) is 0 Å². The maximum absolute atomic E-state index is 11.3. The van der Waals surface area contributed by atoms with Crippen LogP contribution in [-0.4, -0.2) is 22.5 Å². The molecule has 0 saturated carbocycles. The number of amides is 1. The monoisotopic (exact) mass is 183 g/mol. The highest BCUT2D eigenvalue weighted by atomic mass is 32.2. The Morgan fingerprint density at radius 3 is 2.92 bits per heavy atom. The van der Waals surface area contributed by atoms with Gasteiger partial charge in [0.1, 0.15) is 0 Å². The van der Waals surface area contributed by atoms with Gasteiger partial charge in [0.15, 0.2) is 0 Å². The first-order valence-corrected chi connectivity index (χ1v) is 4.71. The van der Waals surface area contributed by atoms with Crippen LogP contribution < -0.4 is 0 Å². The quantitative estimate of drug-likeness (QED) is 0.528. The van der Waals surface area contributed by atoms with Crippen molar-refractivity contribution < 1.29 is 9.59 Å².